The number of rotatable bonds is 6. The van der Waals surface area contributed by atoms with E-state index in [1.54, 1.807) is 38.3 Å². The minimum Gasteiger partial charge on any atom is -0.384 e. The number of carbonyl (C=O) groups excluding carboxylic acids is 2. The highest BCUT2D eigenvalue weighted by Crippen LogP contribution is 2.31. The molecule has 2 amide bonds. The highest BCUT2D eigenvalue weighted by Gasteiger charge is 2.39. The number of hydrogen-bond acceptors (Lipinski definition) is 6. The number of aromatic nitrogens is 1. The average Bonchev–Trinajstić information content (AvgIpc) is 3.10. The third-order valence-corrected chi connectivity index (χ3v) is 4.86. The van der Waals surface area contributed by atoms with E-state index >= 15 is 0 Å². The van der Waals surface area contributed by atoms with E-state index in [1.165, 1.54) is 6.20 Å². The standard InChI is InChI=1S/C19H24N4O4/c1-13-16(11-21-27-13)17(24)22-14-3-5-15(6-4-14)23-18(25)19(12-26-2)7-9-20-10-8-19/h3-6,11,20H,7-10,12H2,1-2H3,(H,22,24)(H,23,25). The molecule has 2 aromatic rings. The van der Waals surface area contributed by atoms with Gasteiger partial charge in [-0.2, -0.15) is 0 Å². The van der Waals surface area contributed by atoms with Crippen LogP contribution in [-0.4, -0.2) is 43.8 Å². The Morgan fingerprint density at radius 3 is 2.37 bits per heavy atom. The molecule has 8 heteroatoms. The lowest BCUT2D eigenvalue weighted by molar-refractivity contribution is -0.130. The van der Waals surface area contributed by atoms with E-state index < -0.39 is 5.41 Å². The molecule has 1 aromatic heterocycles. The summed E-state index contributed by atoms with van der Waals surface area (Å²) in [6, 6.07) is 6.99. The lowest BCUT2D eigenvalue weighted by Crippen LogP contribution is -2.47. The first-order valence-electron chi connectivity index (χ1n) is 8.88. The normalized spacial score (nSPS) is 15.9. The van der Waals surface area contributed by atoms with Crippen molar-refractivity contribution in [2.45, 2.75) is 19.8 Å². The summed E-state index contributed by atoms with van der Waals surface area (Å²) in [4.78, 5) is 25.0. The van der Waals surface area contributed by atoms with Crippen LogP contribution in [0.4, 0.5) is 11.4 Å². The van der Waals surface area contributed by atoms with Crippen molar-refractivity contribution >= 4 is 23.2 Å². The molecule has 2 heterocycles. The summed E-state index contributed by atoms with van der Waals surface area (Å²) in [6.45, 7) is 3.66. The molecule has 0 radical (unpaired) electrons. The molecular weight excluding hydrogens is 348 g/mol. The fraction of sp³-hybridized carbons (Fsp3) is 0.421. The largest absolute Gasteiger partial charge is 0.384 e. The molecule has 27 heavy (non-hydrogen) atoms. The summed E-state index contributed by atoms with van der Waals surface area (Å²) in [7, 11) is 1.62. The van der Waals surface area contributed by atoms with Gasteiger partial charge in [0.1, 0.15) is 11.3 Å². The maximum absolute atomic E-state index is 12.8. The number of hydrogen-bond donors (Lipinski definition) is 3. The van der Waals surface area contributed by atoms with Gasteiger partial charge in [-0.25, -0.2) is 0 Å². The molecule has 1 aromatic carbocycles. The van der Waals surface area contributed by atoms with E-state index in [9.17, 15) is 9.59 Å². The Morgan fingerprint density at radius 2 is 1.81 bits per heavy atom. The van der Waals surface area contributed by atoms with Crippen molar-refractivity contribution in [3.8, 4) is 0 Å². The Hall–Kier alpha value is -2.71. The van der Waals surface area contributed by atoms with Gasteiger partial charge in [0.2, 0.25) is 5.91 Å². The van der Waals surface area contributed by atoms with Crippen LogP contribution in [0.3, 0.4) is 0 Å². The Morgan fingerprint density at radius 1 is 1.19 bits per heavy atom. The van der Waals surface area contributed by atoms with Gasteiger partial charge in [0.05, 0.1) is 18.2 Å². The molecule has 0 unspecified atom stereocenters. The van der Waals surface area contributed by atoms with Crippen LogP contribution in [-0.2, 0) is 9.53 Å². The van der Waals surface area contributed by atoms with Crippen LogP contribution in [0.1, 0.15) is 29.0 Å². The van der Waals surface area contributed by atoms with E-state index in [0.29, 0.717) is 29.3 Å². The van der Waals surface area contributed by atoms with Gasteiger partial charge in [-0.05, 0) is 57.1 Å². The average molecular weight is 372 g/mol. The predicted molar refractivity (Wildman–Crippen MR) is 101 cm³/mol. The Bertz CT molecular complexity index is 789. The second-order valence-electron chi connectivity index (χ2n) is 6.74. The molecule has 1 saturated heterocycles. The molecule has 3 N–H and O–H groups in total. The van der Waals surface area contributed by atoms with Gasteiger partial charge in [-0.15, -0.1) is 0 Å². The van der Waals surface area contributed by atoms with Gasteiger partial charge in [0.25, 0.3) is 5.91 Å². The maximum Gasteiger partial charge on any atom is 0.260 e. The maximum atomic E-state index is 12.8. The summed E-state index contributed by atoms with van der Waals surface area (Å²) in [5.74, 6) is 0.129. The van der Waals surface area contributed by atoms with Gasteiger partial charge < -0.3 is 25.2 Å². The van der Waals surface area contributed by atoms with Crippen LogP contribution < -0.4 is 16.0 Å². The lowest BCUT2D eigenvalue weighted by atomic mass is 9.78. The summed E-state index contributed by atoms with van der Waals surface area (Å²) in [6.07, 6.45) is 2.85. The smallest absolute Gasteiger partial charge is 0.260 e. The van der Waals surface area contributed by atoms with E-state index in [2.05, 4.69) is 21.1 Å². The Kier molecular flexibility index (Phi) is 5.88. The number of piperidine rings is 1. The Balaban J connectivity index is 1.64. The minimum absolute atomic E-state index is 0.0391. The minimum atomic E-state index is -0.515. The van der Waals surface area contributed by atoms with Crippen molar-refractivity contribution in [1.82, 2.24) is 10.5 Å². The van der Waals surface area contributed by atoms with Crippen LogP contribution in [0.2, 0.25) is 0 Å². The number of nitrogens with one attached hydrogen (secondary N) is 3. The molecule has 1 fully saturated rings. The monoisotopic (exact) mass is 372 g/mol. The van der Waals surface area contributed by atoms with Gasteiger partial charge in [-0.3, -0.25) is 9.59 Å². The number of carbonyl (C=O) groups is 2. The van der Waals surface area contributed by atoms with Crippen LogP contribution >= 0.6 is 0 Å². The number of ether oxygens (including phenoxy) is 1. The van der Waals surface area contributed by atoms with Crippen LogP contribution in [0.25, 0.3) is 0 Å². The number of amides is 2. The van der Waals surface area contributed by atoms with E-state index in [-0.39, 0.29) is 11.8 Å². The van der Waals surface area contributed by atoms with Gasteiger partial charge >= 0.3 is 0 Å². The molecule has 1 aliphatic heterocycles. The van der Waals surface area contributed by atoms with Gasteiger partial charge in [-0.1, -0.05) is 5.16 Å². The third-order valence-electron chi connectivity index (χ3n) is 4.86. The molecule has 0 saturated carbocycles. The van der Waals surface area contributed by atoms with Crippen LogP contribution in [0, 0.1) is 12.3 Å². The third kappa shape index (κ3) is 4.35. The molecule has 0 bridgehead atoms. The van der Waals surface area contributed by atoms with E-state index in [1.807, 2.05) is 0 Å². The van der Waals surface area contributed by atoms with Crippen LogP contribution in [0.15, 0.2) is 35.0 Å². The second kappa shape index (κ2) is 8.32. The second-order valence-corrected chi connectivity index (χ2v) is 6.74. The highest BCUT2D eigenvalue weighted by molar-refractivity contribution is 6.04. The summed E-state index contributed by atoms with van der Waals surface area (Å²) in [5.41, 5.74) is 1.17. The van der Waals surface area contributed by atoms with Crippen molar-refractivity contribution in [3.63, 3.8) is 0 Å². The predicted octanol–water partition coefficient (Wildman–Crippen LogP) is 2.19. The number of nitrogens with zero attached hydrogens (tertiary/aromatic N) is 1. The molecule has 8 nitrogen and oxygen atoms in total. The first-order valence-corrected chi connectivity index (χ1v) is 8.88. The van der Waals surface area contributed by atoms with Gasteiger partial charge in [0.15, 0.2) is 0 Å². The molecule has 0 spiro atoms. The highest BCUT2D eigenvalue weighted by atomic mass is 16.5. The van der Waals surface area contributed by atoms with Crippen molar-refractivity contribution < 1.29 is 18.8 Å². The molecule has 1 aliphatic rings. The number of anilines is 2. The van der Waals surface area contributed by atoms with Crippen molar-refractivity contribution in [2.24, 2.45) is 5.41 Å². The fourth-order valence-electron chi connectivity index (χ4n) is 3.23. The van der Waals surface area contributed by atoms with Gasteiger partial charge in [0, 0.05) is 18.5 Å². The quantitative estimate of drug-likeness (QED) is 0.718. The number of benzene rings is 1. The topological polar surface area (TPSA) is 105 Å². The van der Waals surface area contributed by atoms with E-state index in [0.717, 1.165) is 25.9 Å². The lowest BCUT2D eigenvalue weighted by Gasteiger charge is -2.35. The van der Waals surface area contributed by atoms with E-state index in [4.69, 9.17) is 9.26 Å². The SMILES string of the molecule is COCC1(C(=O)Nc2ccc(NC(=O)c3cnoc3C)cc2)CCNCC1. The zero-order valence-corrected chi connectivity index (χ0v) is 15.5. The summed E-state index contributed by atoms with van der Waals surface area (Å²) in [5, 5.41) is 12.6. The van der Waals surface area contributed by atoms with Crippen molar-refractivity contribution in [1.29, 1.82) is 0 Å². The van der Waals surface area contributed by atoms with Crippen LogP contribution in [0.5, 0.6) is 0 Å². The fourth-order valence-corrected chi connectivity index (χ4v) is 3.23. The summed E-state index contributed by atoms with van der Waals surface area (Å²) >= 11 is 0. The number of methoxy groups -OCH3 is 1. The zero-order chi connectivity index (χ0) is 19.3. The molecule has 0 aliphatic carbocycles. The van der Waals surface area contributed by atoms with Crippen molar-refractivity contribution in [3.05, 3.63) is 41.8 Å². The molecular formula is C19H24N4O4. The molecule has 144 valence electrons. The first kappa shape index (κ1) is 19.1. The number of aryl methyl sites for hydroxylation is 1. The first-order chi connectivity index (χ1) is 13.0. The zero-order valence-electron chi connectivity index (χ0n) is 15.5. The molecule has 3 rings (SSSR count). The van der Waals surface area contributed by atoms with Crippen molar-refractivity contribution in [2.75, 3.05) is 37.4 Å². The molecule has 0 atom stereocenters. The Labute approximate surface area is 157 Å². The summed E-state index contributed by atoms with van der Waals surface area (Å²) < 4.78 is 10.2.